The van der Waals surface area contributed by atoms with Gasteiger partial charge in [0.15, 0.2) is 0 Å². The largest absolute Gasteiger partial charge is 0.481 e. The summed E-state index contributed by atoms with van der Waals surface area (Å²) in [5.41, 5.74) is 0.681. The third kappa shape index (κ3) is 3.69. The summed E-state index contributed by atoms with van der Waals surface area (Å²) in [5.74, 6) is -1.29. The molecule has 0 aliphatic carbocycles. The van der Waals surface area contributed by atoms with Gasteiger partial charge in [-0.05, 0) is 24.7 Å². The fourth-order valence-corrected chi connectivity index (χ4v) is 2.80. The first kappa shape index (κ1) is 15.2. The fourth-order valence-electron chi connectivity index (χ4n) is 2.51. The van der Waals surface area contributed by atoms with Gasteiger partial charge in [0.05, 0.1) is 6.42 Å². The zero-order valence-electron chi connectivity index (χ0n) is 11.4. The van der Waals surface area contributed by atoms with E-state index in [1.807, 2.05) is 7.05 Å². The quantitative estimate of drug-likeness (QED) is 0.926. The lowest BCUT2D eigenvalue weighted by Crippen LogP contribution is -2.46. The molecule has 4 nitrogen and oxygen atoms in total. The van der Waals surface area contributed by atoms with Gasteiger partial charge in [0.25, 0.3) is 0 Å². The number of nitrogens with zero attached hydrogens (tertiary/aromatic N) is 2. The van der Waals surface area contributed by atoms with Crippen molar-refractivity contribution in [3.63, 3.8) is 0 Å². The van der Waals surface area contributed by atoms with Crippen molar-refractivity contribution < 1.29 is 14.3 Å². The van der Waals surface area contributed by atoms with E-state index in [2.05, 4.69) is 9.80 Å². The Morgan fingerprint density at radius 3 is 2.60 bits per heavy atom. The minimum Gasteiger partial charge on any atom is -0.481 e. The van der Waals surface area contributed by atoms with E-state index in [4.69, 9.17) is 16.7 Å². The SMILES string of the molecule is CN1CCN(C(CC(=O)O)c2ccc(F)cc2Cl)CC1. The van der Waals surface area contributed by atoms with Crippen molar-refractivity contribution in [2.24, 2.45) is 0 Å². The summed E-state index contributed by atoms with van der Waals surface area (Å²) in [4.78, 5) is 15.4. The van der Waals surface area contributed by atoms with Crippen LogP contribution in [-0.4, -0.2) is 54.1 Å². The Balaban J connectivity index is 2.24. The maximum absolute atomic E-state index is 13.1. The topological polar surface area (TPSA) is 43.8 Å². The fraction of sp³-hybridized carbons (Fsp3) is 0.500. The number of carboxylic acids is 1. The highest BCUT2D eigenvalue weighted by molar-refractivity contribution is 6.31. The van der Waals surface area contributed by atoms with Gasteiger partial charge in [-0.25, -0.2) is 4.39 Å². The van der Waals surface area contributed by atoms with E-state index >= 15 is 0 Å². The molecule has 1 saturated heterocycles. The van der Waals surface area contributed by atoms with Crippen LogP contribution < -0.4 is 0 Å². The van der Waals surface area contributed by atoms with Gasteiger partial charge in [0.1, 0.15) is 5.82 Å². The second kappa shape index (κ2) is 6.52. The molecule has 0 saturated carbocycles. The average molecular weight is 301 g/mol. The van der Waals surface area contributed by atoms with Crippen LogP contribution in [0.25, 0.3) is 0 Å². The molecule has 0 amide bonds. The summed E-state index contributed by atoms with van der Waals surface area (Å²) in [6.07, 6.45) is -0.0327. The maximum Gasteiger partial charge on any atom is 0.305 e. The Labute approximate surface area is 122 Å². The zero-order valence-corrected chi connectivity index (χ0v) is 12.1. The smallest absolute Gasteiger partial charge is 0.305 e. The Kier molecular flexibility index (Phi) is 4.96. The monoisotopic (exact) mass is 300 g/mol. The first-order valence-electron chi connectivity index (χ1n) is 6.56. The number of halogens is 2. The second-order valence-corrected chi connectivity index (χ2v) is 5.53. The highest BCUT2D eigenvalue weighted by atomic mass is 35.5. The summed E-state index contributed by atoms with van der Waals surface area (Å²) in [5, 5.41) is 9.41. The molecule has 110 valence electrons. The van der Waals surface area contributed by atoms with Crippen LogP contribution in [0, 0.1) is 5.82 Å². The van der Waals surface area contributed by atoms with Gasteiger partial charge in [-0.15, -0.1) is 0 Å². The lowest BCUT2D eigenvalue weighted by Gasteiger charge is -2.38. The molecule has 1 atom stereocenters. The summed E-state index contributed by atoms with van der Waals surface area (Å²) >= 11 is 6.09. The second-order valence-electron chi connectivity index (χ2n) is 5.12. The van der Waals surface area contributed by atoms with Crippen LogP contribution in [0.4, 0.5) is 4.39 Å². The van der Waals surface area contributed by atoms with Gasteiger partial charge in [0.2, 0.25) is 0 Å². The minimum absolute atomic E-state index is 0.0327. The molecule has 1 fully saturated rings. The Bertz CT molecular complexity index is 490. The van der Waals surface area contributed by atoms with Gasteiger partial charge in [-0.1, -0.05) is 17.7 Å². The number of aliphatic carboxylic acids is 1. The molecule has 0 bridgehead atoms. The van der Waals surface area contributed by atoms with Crippen LogP contribution in [-0.2, 0) is 4.79 Å². The molecule has 1 aliphatic rings. The molecule has 1 aromatic rings. The van der Waals surface area contributed by atoms with E-state index in [0.29, 0.717) is 5.56 Å². The number of benzene rings is 1. The number of likely N-dealkylation sites (N-methyl/N-ethyl adjacent to an activating group) is 1. The molecule has 2 rings (SSSR count). The molecule has 0 aromatic heterocycles. The maximum atomic E-state index is 13.1. The molecule has 1 aromatic carbocycles. The molecule has 1 N–H and O–H groups in total. The Morgan fingerprint density at radius 1 is 1.40 bits per heavy atom. The molecule has 1 aliphatic heterocycles. The number of hydrogen-bond donors (Lipinski definition) is 1. The average Bonchev–Trinajstić information content (AvgIpc) is 2.37. The van der Waals surface area contributed by atoms with E-state index in [0.717, 1.165) is 26.2 Å². The summed E-state index contributed by atoms with van der Waals surface area (Å²) in [7, 11) is 2.04. The van der Waals surface area contributed by atoms with Crippen LogP contribution >= 0.6 is 11.6 Å². The minimum atomic E-state index is -0.880. The van der Waals surface area contributed by atoms with Crippen LogP contribution in [0.3, 0.4) is 0 Å². The summed E-state index contributed by atoms with van der Waals surface area (Å²) in [6, 6.07) is 3.84. The van der Waals surface area contributed by atoms with Crippen molar-refractivity contribution in [1.82, 2.24) is 9.80 Å². The van der Waals surface area contributed by atoms with Crippen molar-refractivity contribution in [2.45, 2.75) is 12.5 Å². The van der Waals surface area contributed by atoms with E-state index in [9.17, 15) is 9.18 Å². The van der Waals surface area contributed by atoms with E-state index in [1.54, 1.807) is 6.07 Å². The molecular weight excluding hydrogens is 283 g/mol. The predicted molar refractivity (Wildman–Crippen MR) is 75.5 cm³/mol. The highest BCUT2D eigenvalue weighted by Crippen LogP contribution is 2.31. The van der Waals surface area contributed by atoms with Crippen LogP contribution in [0.1, 0.15) is 18.0 Å². The zero-order chi connectivity index (χ0) is 14.7. The molecule has 0 spiro atoms. The standard InChI is InChI=1S/C14H18ClFN2O2/c1-17-4-6-18(7-5-17)13(9-14(19)20)11-3-2-10(16)8-12(11)15/h2-3,8,13H,4-7,9H2,1H3,(H,19,20). The number of hydrogen-bond acceptors (Lipinski definition) is 3. The molecule has 6 heteroatoms. The third-order valence-electron chi connectivity index (χ3n) is 3.67. The Morgan fingerprint density at radius 2 is 2.05 bits per heavy atom. The summed E-state index contributed by atoms with van der Waals surface area (Å²) in [6.45, 7) is 3.33. The molecule has 20 heavy (non-hydrogen) atoms. The lowest BCUT2D eigenvalue weighted by atomic mass is 10.0. The third-order valence-corrected chi connectivity index (χ3v) is 4.00. The van der Waals surface area contributed by atoms with Crippen molar-refractivity contribution in [1.29, 1.82) is 0 Å². The van der Waals surface area contributed by atoms with E-state index in [-0.39, 0.29) is 17.5 Å². The van der Waals surface area contributed by atoms with E-state index < -0.39 is 11.8 Å². The molecule has 0 radical (unpaired) electrons. The van der Waals surface area contributed by atoms with E-state index in [1.165, 1.54) is 12.1 Å². The predicted octanol–water partition coefficient (Wildman–Crippen LogP) is 2.24. The first-order valence-corrected chi connectivity index (χ1v) is 6.94. The highest BCUT2D eigenvalue weighted by Gasteiger charge is 2.27. The molecular formula is C14H18ClFN2O2. The van der Waals surface area contributed by atoms with Crippen molar-refractivity contribution in [3.05, 3.63) is 34.6 Å². The normalized spacial score (nSPS) is 18.9. The van der Waals surface area contributed by atoms with Gasteiger partial charge in [-0.3, -0.25) is 9.69 Å². The van der Waals surface area contributed by atoms with Crippen molar-refractivity contribution in [2.75, 3.05) is 33.2 Å². The van der Waals surface area contributed by atoms with Crippen LogP contribution in [0.2, 0.25) is 5.02 Å². The first-order chi connectivity index (χ1) is 9.47. The van der Waals surface area contributed by atoms with Gasteiger partial charge in [-0.2, -0.15) is 0 Å². The van der Waals surface area contributed by atoms with Crippen molar-refractivity contribution >= 4 is 17.6 Å². The number of rotatable bonds is 4. The van der Waals surface area contributed by atoms with Crippen LogP contribution in [0.15, 0.2) is 18.2 Å². The molecule has 1 unspecified atom stereocenters. The van der Waals surface area contributed by atoms with Crippen LogP contribution in [0.5, 0.6) is 0 Å². The number of piperazine rings is 1. The number of carbonyl (C=O) groups is 1. The van der Waals surface area contributed by atoms with Crippen molar-refractivity contribution in [3.8, 4) is 0 Å². The number of carboxylic acid groups (broad SMARTS) is 1. The van der Waals surface area contributed by atoms with Gasteiger partial charge >= 0.3 is 5.97 Å². The lowest BCUT2D eigenvalue weighted by molar-refractivity contribution is -0.138. The Hall–Kier alpha value is -1.17. The van der Waals surface area contributed by atoms with Gasteiger partial charge < -0.3 is 10.0 Å². The van der Waals surface area contributed by atoms with Gasteiger partial charge in [0, 0.05) is 37.2 Å². The molecule has 1 heterocycles. The summed E-state index contributed by atoms with van der Waals surface area (Å²) < 4.78 is 13.1.